The van der Waals surface area contributed by atoms with Crippen molar-refractivity contribution >= 4 is 37.7 Å². The van der Waals surface area contributed by atoms with Crippen LogP contribution in [0.15, 0.2) is 22.7 Å². The van der Waals surface area contributed by atoms with Crippen LogP contribution in [0.4, 0.5) is 9.18 Å². The molecule has 0 spiro atoms. The first kappa shape index (κ1) is 16.9. The summed E-state index contributed by atoms with van der Waals surface area (Å²) in [6.45, 7) is -0.0130. The zero-order valence-electron chi connectivity index (χ0n) is 11.7. The van der Waals surface area contributed by atoms with Crippen LogP contribution in [0.2, 0.25) is 0 Å². The molecule has 3 amide bonds. The highest BCUT2D eigenvalue weighted by Gasteiger charge is 2.38. The number of nitrogens with zero attached hydrogens (tertiary/aromatic N) is 1. The number of urea groups is 1. The molecule has 1 aromatic carbocycles. The number of carbonyl (C=O) groups is 2. The minimum atomic E-state index is -3.21. The lowest BCUT2D eigenvalue weighted by Crippen LogP contribution is -2.32. The first-order valence-corrected chi connectivity index (χ1v) is 9.26. The van der Waals surface area contributed by atoms with Gasteiger partial charge in [-0.3, -0.25) is 9.69 Å². The Hall–Kier alpha value is -1.48. The molecule has 0 unspecified atom stereocenters. The number of amides is 3. The Balaban J connectivity index is 2.09. The summed E-state index contributed by atoms with van der Waals surface area (Å²) in [5.74, 6) is -1.10. The molecule has 0 bridgehead atoms. The minimum absolute atomic E-state index is 0.0130. The van der Waals surface area contributed by atoms with Gasteiger partial charge in [-0.05, 0) is 24.1 Å². The Morgan fingerprint density at radius 1 is 1.36 bits per heavy atom. The van der Waals surface area contributed by atoms with Crippen molar-refractivity contribution in [3.63, 3.8) is 0 Å². The summed E-state index contributed by atoms with van der Waals surface area (Å²) in [5.41, 5.74) is 0.577. The summed E-state index contributed by atoms with van der Waals surface area (Å²) in [5, 5.41) is 2.46. The zero-order chi connectivity index (χ0) is 16.5. The third kappa shape index (κ3) is 4.04. The monoisotopic (exact) mass is 392 g/mol. The molecular weight excluding hydrogens is 379 g/mol. The van der Waals surface area contributed by atoms with E-state index in [0.717, 1.165) is 11.2 Å². The van der Waals surface area contributed by atoms with Crippen LogP contribution in [0.25, 0.3) is 0 Å². The maximum absolute atomic E-state index is 13.0. The fourth-order valence-corrected chi connectivity index (χ4v) is 3.21. The van der Waals surface area contributed by atoms with Gasteiger partial charge in [-0.15, -0.1) is 0 Å². The number of rotatable bonds is 5. The molecule has 120 valence electrons. The van der Waals surface area contributed by atoms with Crippen LogP contribution >= 0.6 is 15.9 Å². The van der Waals surface area contributed by atoms with Crippen LogP contribution in [0.5, 0.6) is 0 Å². The second-order valence-corrected chi connectivity index (χ2v) is 8.19. The van der Waals surface area contributed by atoms with Gasteiger partial charge in [0.05, 0.1) is 12.3 Å². The number of sulfone groups is 1. The highest BCUT2D eigenvalue weighted by molar-refractivity contribution is 9.10. The molecular formula is C13H14BrFN2O4S. The lowest BCUT2D eigenvalue weighted by molar-refractivity contribution is -0.127. The van der Waals surface area contributed by atoms with Crippen LogP contribution < -0.4 is 5.32 Å². The van der Waals surface area contributed by atoms with Crippen LogP contribution in [0.1, 0.15) is 12.0 Å². The van der Waals surface area contributed by atoms with Crippen LogP contribution in [0, 0.1) is 5.82 Å². The molecule has 1 saturated heterocycles. The smallest absolute Gasteiger partial charge is 0.325 e. The number of imide groups is 1. The number of nitrogens with one attached hydrogen (secondary N) is 1. The Morgan fingerprint density at radius 2 is 2.05 bits per heavy atom. The molecule has 1 aliphatic rings. The first-order chi connectivity index (χ1) is 10.2. The molecule has 6 nitrogen and oxygen atoms in total. The van der Waals surface area contributed by atoms with E-state index < -0.39 is 33.6 Å². The molecule has 0 aromatic heterocycles. The number of halogens is 2. The molecule has 0 saturated carbocycles. The van der Waals surface area contributed by atoms with Gasteiger partial charge in [0.25, 0.3) is 5.91 Å². The molecule has 1 aromatic rings. The highest BCUT2D eigenvalue weighted by Crippen LogP contribution is 2.22. The van der Waals surface area contributed by atoms with Gasteiger partial charge in [-0.2, -0.15) is 0 Å². The van der Waals surface area contributed by atoms with Crippen molar-refractivity contribution < 1.29 is 22.4 Å². The lowest BCUT2D eigenvalue weighted by atomic mass is 10.2. The SMILES string of the molecule is CS(=O)(=O)CC[C@H]1NC(=O)N(Cc2ccc(F)cc2Br)C1=O. The van der Waals surface area contributed by atoms with Gasteiger partial charge in [-0.1, -0.05) is 22.0 Å². The average Bonchev–Trinajstić information content (AvgIpc) is 2.66. The van der Waals surface area contributed by atoms with E-state index >= 15 is 0 Å². The summed E-state index contributed by atoms with van der Waals surface area (Å²) in [6, 6.07) is 2.53. The van der Waals surface area contributed by atoms with E-state index in [0.29, 0.717) is 10.0 Å². The maximum Gasteiger partial charge on any atom is 0.325 e. The average molecular weight is 393 g/mol. The Bertz CT molecular complexity index is 723. The van der Waals surface area contributed by atoms with E-state index in [4.69, 9.17) is 0 Å². The predicted molar refractivity (Wildman–Crippen MR) is 81.3 cm³/mol. The molecule has 1 aliphatic heterocycles. The van der Waals surface area contributed by atoms with Gasteiger partial charge in [0.1, 0.15) is 21.7 Å². The molecule has 0 aliphatic carbocycles. The normalized spacial score (nSPS) is 18.7. The molecule has 1 N–H and O–H groups in total. The second kappa shape index (κ2) is 6.33. The molecule has 2 rings (SSSR count). The summed E-state index contributed by atoms with van der Waals surface area (Å²) in [7, 11) is -3.21. The van der Waals surface area contributed by atoms with Crippen molar-refractivity contribution in [3.8, 4) is 0 Å². The van der Waals surface area contributed by atoms with Crippen LogP contribution in [0.3, 0.4) is 0 Å². The van der Waals surface area contributed by atoms with Crippen molar-refractivity contribution in [1.82, 2.24) is 10.2 Å². The standard InChI is InChI=1S/C13H14BrFN2O4S/c1-22(20,21)5-4-11-12(18)17(13(19)16-11)7-8-2-3-9(15)6-10(8)14/h2-3,6,11H,4-5,7H2,1H3,(H,16,19)/t11-/m1/s1. The Morgan fingerprint density at radius 3 is 2.64 bits per heavy atom. The fourth-order valence-electron chi connectivity index (χ4n) is 2.07. The molecule has 0 radical (unpaired) electrons. The van der Waals surface area contributed by atoms with Crippen molar-refractivity contribution in [2.75, 3.05) is 12.0 Å². The topological polar surface area (TPSA) is 83.6 Å². The molecule has 9 heteroatoms. The molecule has 1 fully saturated rings. The van der Waals surface area contributed by atoms with E-state index in [9.17, 15) is 22.4 Å². The summed E-state index contributed by atoms with van der Waals surface area (Å²) < 4.78 is 35.8. The second-order valence-electron chi connectivity index (χ2n) is 5.08. The van der Waals surface area contributed by atoms with E-state index in [-0.39, 0.29) is 18.7 Å². The van der Waals surface area contributed by atoms with Crippen molar-refractivity contribution in [2.24, 2.45) is 0 Å². The van der Waals surface area contributed by atoms with Crippen molar-refractivity contribution in [3.05, 3.63) is 34.1 Å². The third-order valence-corrected chi connectivity index (χ3v) is 4.94. The van der Waals surface area contributed by atoms with Crippen LogP contribution in [-0.4, -0.2) is 43.3 Å². The number of benzene rings is 1. The van der Waals surface area contributed by atoms with Crippen molar-refractivity contribution in [1.29, 1.82) is 0 Å². The lowest BCUT2D eigenvalue weighted by Gasteiger charge is -2.14. The van der Waals surface area contributed by atoms with Gasteiger partial charge in [0, 0.05) is 10.7 Å². The van der Waals surface area contributed by atoms with Crippen LogP contribution in [-0.2, 0) is 21.2 Å². The molecule has 1 atom stereocenters. The summed E-state index contributed by atoms with van der Waals surface area (Å²) in [6.07, 6.45) is 1.10. The fraction of sp³-hybridized carbons (Fsp3) is 0.385. The number of hydrogen-bond acceptors (Lipinski definition) is 4. The van der Waals surface area contributed by atoms with E-state index in [2.05, 4.69) is 21.2 Å². The molecule has 1 heterocycles. The van der Waals surface area contributed by atoms with Gasteiger partial charge >= 0.3 is 6.03 Å². The Kier molecular flexibility index (Phi) is 4.86. The zero-order valence-corrected chi connectivity index (χ0v) is 14.1. The van der Waals surface area contributed by atoms with Crippen molar-refractivity contribution in [2.45, 2.75) is 19.0 Å². The predicted octanol–water partition coefficient (Wildman–Crippen LogP) is 1.44. The minimum Gasteiger partial charge on any atom is -0.326 e. The third-order valence-electron chi connectivity index (χ3n) is 3.23. The Labute approximate surface area is 135 Å². The first-order valence-electron chi connectivity index (χ1n) is 6.41. The number of carbonyl (C=O) groups excluding carboxylic acids is 2. The highest BCUT2D eigenvalue weighted by atomic mass is 79.9. The van der Waals surface area contributed by atoms with Gasteiger partial charge in [0.2, 0.25) is 0 Å². The van der Waals surface area contributed by atoms with E-state index in [1.54, 1.807) is 0 Å². The van der Waals surface area contributed by atoms with E-state index in [1.807, 2.05) is 0 Å². The summed E-state index contributed by atoms with van der Waals surface area (Å²) >= 11 is 3.18. The summed E-state index contributed by atoms with van der Waals surface area (Å²) in [4.78, 5) is 25.0. The van der Waals surface area contributed by atoms with Gasteiger partial charge < -0.3 is 5.32 Å². The maximum atomic E-state index is 13.0. The van der Waals surface area contributed by atoms with Gasteiger partial charge in [0.15, 0.2) is 0 Å². The quantitative estimate of drug-likeness (QED) is 0.768. The van der Waals surface area contributed by atoms with E-state index in [1.165, 1.54) is 18.2 Å². The largest absolute Gasteiger partial charge is 0.326 e. The van der Waals surface area contributed by atoms with Gasteiger partial charge in [-0.25, -0.2) is 17.6 Å². The molecule has 22 heavy (non-hydrogen) atoms. The number of hydrogen-bond donors (Lipinski definition) is 1.